The molecule has 0 amide bonds. The predicted molar refractivity (Wildman–Crippen MR) is 67.7 cm³/mol. The highest BCUT2D eigenvalue weighted by molar-refractivity contribution is 6.32. The van der Waals surface area contributed by atoms with Crippen LogP contribution >= 0.6 is 11.6 Å². The number of nitrogens with zero attached hydrogens (tertiary/aromatic N) is 4. The number of hydrogen-bond donors (Lipinski definition) is 2. The third-order valence-corrected chi connectivity index (χ3v) is 2.32. The third-order valence-electron chi connectivity index (χ3n) is 2.04. The maximum Gasteiger partial charge on any atom is 0.224 e. The summed E-state index contributed by atoms with van der Waals surface area (Å²) < 4.78 is 1.70. The topological polar surface area (TPSA) is 67.7 Å². The third kappa shape index (κ3) is 2.85. The second-order valence-corrected chi connectivity index (χ2v) is 3.83. The van der Waals surface area contributed by atoms with Crippen LogP contribution in [0.4, 0.5) is 17.6 Å². The molecule has 0 saturated carbocycles. The van der Waals surface area contributed by atoms with Crippen LogP contribution in [0.5, 0.6) is 0 Å². The van der Waals surface area contributed by atoms with Gasteiger partial charge in [-0.25, -0.2) is 4.98 Å². The molecule has 0 aliphatic rings. The van der Waals surface area contributed by atoms with Gasteiger partial charge in [0.05, 0.1) is 6.20 Å². The molecule has 17 heavy (non-hydrogen) atoms. The van der Waals surface area contributed by atoms with Crippen LogP contribution in [0.15, 0.2) is 18.5 Å². The summed E-state index contributed by atoms with van der Waals surface area (Å²) in [6.45, 7) is 2.73. The molecule has 7 heteroatoms. The molecular weight excluding hydrogens is 240 g/mol. The fraction of sp³-hybridized carbons (Fsp3) is 0.300. The average Bonchev–Trinajstić information content (AvgIpc) is 2.69. The lowest BCUT2D eigenvalue weighted by Gasteiger charge is -2.07. The number of anilines is 3. The second-order valence-electron chi connectivity index (χ2n) is 3.42. The number of rotatable bonds is 4. The molecule has 0 bridgehead atoms. The number of aromatic nitrogens is 4. The Kier molecular flexibility index (Phi) is 3.43. The maximum absolute atomic E-state index is 6.00. The van der Waals surface area contributed by atoms with Crippen LogP contribution in [0.1, 0.15) is 6.92 Å². The minimum Gasteiger partial charge on any atom is -0.354 e. The van der Waals surface area contributed by atoms with Gasteiger partial charge in [-0.2, -0.15) is 10.1 Å². The molecule has 0 spiro atoms. The van der Waals surface area contributed by atoms with Crippen molar-refractivity contribution in [2.75, 3.05) is 17.2 Å². The molecule has 0 aliphatic heterocycles. The average molecular weight is 253 g/mol. The van der Waals surface area contributed by atoms with Crippen LogP contribution in [-0.4, -0.2) is 26.3 Å². The predicted octanol–water partition coefficient (Wildman–Crippen LogP) is 2.04. The summed E-state index contributed by atoms with van der Waals surface area (Å²) in [5.74, 6) is 1.77. The number of aryl methyl sites for hydroxylation is 1. The van der Waals surface area contributed by atoms with E-state index < -0.39 is 0 Å². The van der Waals surface area contributed by atoms with E-state index >= 15 is 0 Å². The van der Waals surface area contributed by atoms with E-state index in [0.29, 0.717) is 22.6 Å². The molecule has 90 valence electrons. The molecule has 0 radical (unpaired) electrons. The molecule has 2 aromatic rings. The molecule has 0 saturated heterocycles. The van der Waals surface area contributed by atoms with E-state index in [1.807, 2.05) is 26.2 Å². The van der Waals surface area contributed by atoms with Gasteiger partial charge in [0.2, 0.25) is 5.95 Å². The molecule has 0 unspecified atom stereocenters. The zero-order chi connectivity index (χ0) is 12.3. The van der Waals surface area contributed by atoms with Gasteiger partial charge < -0.3 is 10.6 Å². The van der Waals surface area contributed by atoms with Crippen molar-refractivity contribution in [1.82, 2.24) is 19.7 Å². The van der Waals surface area contributed by atoms with Gasteiger partial charge in [0.1, 0.15) is 5.02 Å². The van der Waals surface area contributed by atoms with E-state index in [4.69, 9.17) is 11.6 Å². The molecule has 2 heterocycles. The summed E-state index contributed by atoms with van der Waals surface area (Å²) in [5.41, 5.74) is 0. The lowest BCUT2D eigenvalue weighted by atomic mass is 10.5. The highest BCUT2D eigenvalue weighted by Gasteiger charge is 2.06. The van der Waals surface area contributed by atoms with Crippen molar-refractivity contribution >= 4 is 29.2 Å². The Labute approximate surface area is 104 Å². The van der Waals surface area contributed by atoms with E-state index in [2.05, 4.69) is 25.7 Å². The summed E-state index contributed by atoms with van der Waals surface area (Å²) in [5, 5.41) is 10.7. The first-order valence-corrected chi connectivity index (χ1v) is 5.60. The van der Waals surface area contributed by atoms with Gasteiger partial charge >= 0.3 is 0 Å². The Morgan fingerprint density at radius 2 is 2.29 bits per heavy atom. The molecule has 0 aliphatic carbocycles. The van der Waals surface area contributed by atoms with Crippen LogP contribution in [0.25, 0.3) is 0 Å². The molecule has 0 aromatic carbocycles. The van der Waals surface area contributed by atoms with Crippen molar-refractivity contribution in [1.29, 1.82) is 0 Å². The summed E-state index contributed by atoms with van der Waals surface area (Å²) >= 11 is 6.00. The van der Waals surface area contributed by atoms with Gasteiger partial charge in [0.15, 0.2) is 11.6 Å². The molecule has 2 aromatic heterocycles. The van der Waals surface area contributed by atoms with Gasteiger partial charge in [0.25, 0.3) is 0 Å². The van der Waals surface area contributed by atoms with Gasteiger partial charge in [-0.3, -0.25) is 4.68 Å². The van der Waals surface area contributed by atoms with Crippen LogP contribution in [0.3, 0.4) is 0 Å². The SMILES string of the molecule is CCNc1ncc(Cl)c(Nc2ccn(C)n2)n1. The van der Waals surface area contributed by atoms with Crippen molar-refractivity contribution in [3.63, 3.8) is 0 Å². The Morgan fingerprint density at radius 3 is 2.94 bits per heavy atom. The Bertz CT molecular complexity index is 509. The van der Waals surface area contributed by atoms with Crippen LogP contribution in [0.2, 0.25) is 5.02 Å². The molecule has 6 nitrogen and oxygen atoms in total. The first-order chi connectivity index (χ1) is 8.19. The van der Waals surface area contributed by atoms with Crippen LogP contribution in [0, 0.1) is 0 Å². The second kappa shape index (κ2) is 5.01. The normalized spacial score (nSPS) is 10.3. The summed E-state index contributed by atoms with van der Waals surface area (Å²) in [6, 6.07) is 1.84. The quantitative estimate of drug-likeness (QED) is 0.872. The Hall–Kier alpha value is -1.82. The molecule has 0 fully saturated rings. The van der Waals surface area contributed by atoms with E-state index in [0.717, 1.165) is 6.54 Å². The smallest absolute Gasteiger partial charge is 0.224 e. The summed E-state index contributed by atoms with van der Waals surface area (Å²) in [7, 11) is 1.84. The maximum atomic E-state index is 6.00. The van der Waals surface area contributed by atoms with Crippen LogP contribution in [-0.2, 0) is 7.05 Å². The van der Waals surface area contributed by atoms with Crippen molar-refractivity contribution in [2.45, 2.75) is 6.92 Å². The van der Waals surface area contributed by atoms with Crippen molar-refractivity contribution in [2.24, 2.45) is 7.05 Å². The largest absolute Gasteiger partial charge is 0.354 e. The molecule has 2 N–H and O–H groups in total. The van der Waals surface area contributed by atoms with Gasteiger partial charge in [-0.1, -0.05) is 11.6 Å². The zero-order valence-electron chi connectivity index (χ0n) is 9.61. The lowest BCUT2D eigenvalue weighted by Crippen LogP contribution is -2.04. The van der Waals surface area contributed by atoms with Crippen molar-refractivity contribution in [3.05, 3.63) is 23.5 Å². The standard InChI is InChI=1S/C10H13ClN6/c1-3-12-10-13-6-7(11)9(15-10)14-8-4-5-17(2)16-8/h4-6H,3H2,1-2H3,(H2,12,13,14,15,16). The van der Waals surface area contributed by atoms with E-state index in [-0.39, 0.29) is 0 Å². The minimum atomic E-state index is 0.456. The Morgan fingerprint density at radius 1 is 1.47 bits per heavy atom. The highest BCUT2D eigenvalue weighted by Crippen LogP contribution is 2.22. The van der Waals surface area contributed by atoms with Crippen molar-refractivity contribution in [3.8, 4) is 0 Å². The monoisotopic (exact) mass is 252 g/mol. The summed E-state index contributed by atoms with van der Waals surface area (Å²) in [4.78, 5) is 8.31. The van der Waals surface area contributed by atoms with Crippen LogP contribution < -0.4 is 10.6 Å². The van der Waals surface area contributed by atoms with Gasteiger partial charge in [-0.15, -0.1) is 0 Å². The highest BCUT2D eigenvalue weighted by atomic mass is 35.5. The number of halogens is 1. The van der Waals surface area contributed by atoms with Gasteiger partial charge in [0, 0.05) is 25.9 Å². The first kappa shape index (κ1) is 11.7. The minimum absolute atomic E-state index is 0.456. The molecule has 2 rings (SSSR count). The fourth-order valence-corrected chi connectivity index (χ4v) is 1.44. The van der Waals surface area contributed by atoms with E-state index in [9.17, 15) is 0 Å². The Balaban J connectivity index is 2.22. The molecule has 0 atom stereocenters. The van der Waals surface area contributed by atoms with E-state index in [1.165, 1.54) is 0 Å². The fourth-order valence-electron chi connectivity index (χ4n) is 1.30. The van der Waals surface area contributed by atoms with Crippen molar-refractivity contribution < 1.29 is 0 Å². The lowest BCUT2D eigenvalue weighted by molar-refractivity contribution is 0.771. The zero-order valence-corrected chi connectivity index (χ0v) is 10.4. The molecular formula is C10H13ClN6. The van der Waals surface area contributed by atoms with Gasteiger partial charge in [-0.05, 0) is 6.92 Å². The van der Waals surface area contributed by atoms with E-state index in [1.54, 1.807) is 10.9 Å². The summed E-state index contributed by atoms with van der Waals surface area (Å²) in [6.07, 6.45) is 3.39. The number of nitrogens with one attached hydrogen (secondary N) is 2. The number of hydrogen-bond acceptors (Lipinski definition) is 5. The first-order valence-electron chi connectivity index (χ1n) is 5.22.